The molecule has 0 bridgehead atoms. The monoisotopic (exact) mass is 295 g/mol. The number of aromatic hydroxyl groups is 1. The maximum atomic E-state index is 11.1. The lowest BCUT2D eigenvalue weighted by atomic mass is 10.1. The van der Waals surface area contributed by atoms with Gasteiger partial charge in [0.05, 0.1) is 17.5 Å². The predicted molar refractivity (Wildman–Crippen MR) is 80.2 cm³/mol. The Labute approximate surface area is 126 Å². The topological polar surface area (TPSA) is 88.2 Å². The number of benzene rings is 1. The third-order valence-electron chi connectivity index (χ3n) is 3.30. The minimum absolute atomic E-state index is 0.148. The largest absolute Gasteiger partial charge is 0.508 e. The summed E-state index contributed by atoms with van der Waals surface area (Å²) in [5.41, 5.74) is 2.73. The van der Waals surface area contributed by atoms with Crippen LogP contribution in [0, 0.1) is 6.92 Å². The number of nitrogens with zero attached hydrogens (tertiary/aromatic N) is 3. The first-order valence-electron chi connectivity index (χ1n) is 6.60. The van der Waals surface area contributed by atoms with Crippen LogP contribution in [-0.4, -0.2) is 30.9 Å². The molecule has 2 N–H and O–H groups in total. The SMILES string of the molecule is Cc1cnn(-c2cc(C(=O)O)ccn2)c1-c1ccc(O)cc1. The molecule has 110 valence electrons. The normalized spacial score (nSPS) is 10.6. The second-order valence-electron chi connectivity index (χ2n) is 4.84. The third kappa shape index (κ3) is 2.42. The van der Waals surface area contributed by atoms with E-state index in [-0.39, 0.29) is 11.3 Å². The van der Waals surface area contributed by atoms with Gasteiger partial charge in [-0.3, -0.25) is 0 Å². The number of aromatic carboxylic acids is 1. The molecular weight excluding hydrogens is 282 g/mol. The van der Waals surface area contributed by atoms with Crippen LogP contribution in [0.1, 0.15) is 15.9 Å². The second kappa shape index (κ2) is 5.33. The Hall–Kier alpha value is -3.15. The predicted octanol–water partition coefficient (Wildman–Crippen LogP) is 2.65. The maximum Gasteiger partial charge on any atom is 0.335 e. The number of hydrogen-bond donors (Lipinski definition) is 2. The molecule has 0 saturated carbocycles. The summed E-state index contributed by atoms with van der Waals surface area (Å²) in [6.07, 6.45) is 3.13. The van der Waals surface area contributed by atoms with Gasteiger partial charge in [0.2, 0.25) is 0 Å². The minimum atomic E-state index is -1.02. The molecule has 0 aliphatic heterocycles. The molecular formula is C16H13N3O3. The Balaban J connectivity index is 2.15. The number of phenols is 1. The highest BCUT2D eigenvalue weighted by molar-refractivity contribution is 5.88. The highest BCUT2D eigenvalue weighted by Gasteiger charge is 2.14. The Morgan fingerprint density at radius 1 is 1.18 bits per heavy atom. The molecule has 0 amide bonds. The molecule has 3 aromatic rings. The van der Waals surface area contributed by atoms with Gasteiger partial charge in [0.25, 0.3) is 0 Å². The van der Waals surface area contributed by atoms with Gasteiger partial charge >= 0.3 is 5.97 Å². The van der Waals surface area contributed by atoms with E-state index in [1.807, 2.05) is 6.92 Å². The first-order chi connectivity index (χ1) is 10.6. The van der Waals surface area contributed by atoms with Gasteiger partial charge in [-0.2, -0.15) is 5.10 Å². The van der Waals surface area contributed by atoms with Crippen LogP contribution >= 0.6 is 0 Å². The lowest BCUT2D eigenvalue weighted by Crippen LogP contribution is -2.05. The van der Waals surface area contributed by atoms with Crippen molar-refractivity contribution in [3.05, 3.63) is 59.9 Å². The highest BCUT2D eigenvalue weighted by Crippen LogP contribution is 2.27. The smallest absolute Gasteiger partial charge is 0.335 e. The van der Waals surface area contributed by atoms with Gasteiger partial charge in [-0.15, -0.1) is 0 Å². The second-order valence-corrected chi connectivity index (χ2v) is 4.84. The molecule has 6 nitrogen and oxygen atoms in total. The van der Waals surface area contributed by atoms with Gasteiger partial charge in [0.1, 0.15) is 5.75 Å². The summed E-state index contributed by atoms with van der Waals surface area (Å²) in [7, 11) is 0. The number of aryl methyl sites for hydroxylation is 1. The number of pyridine rings is 1. The van der Waals surface area contributed by atoms with E-state index in [9.17, 15) is 9.90 Å². The molecule has 0 unspecified atom stereocenters. The van der Waals surface area contributed by atoms with E-state index in [1.54, 1.807) is 35.1 Å². The average molecular weight is 295 g/mol. The zero-order valence-electron chi connectivity index (χ0n) is 11.8. The number of carbonyl (C=O) groups is 1. The molecule has 0 aliphatic carbocycles. The summed E-state index contributed by atoms with van der Waals surface area (Å²) in [5, 5.41) is 22.8. The fraction of sp³-hybridized carbons (Fsp3) is 0.0625. The number of carboxylic acid groups (broad SMARTS) is 1. The molecule has 3 rings (SSSR count). The van der Waals surface area contributed by atoms with Crippen molar-refractivity contribution in [2.45, 2.75) is 6.92 Å². The van der Waals surface area contributed by atoms with Crippen LogP contribution in [0.25, 0.3) is 17.1 Å². The minimum Gasteiger partial charge on any atom is -0.508 e. The molecule has 1 aromatic carbocycles. The van der Waals surface area contributed by atoms with E-state index in [4.69, 9.17) is 5.11 Å². The maximum absolute atomic E-state index is 11.1. The van der Waals surface area contributed by atoms with Crippen molar-refractivity contribution < 1.29 is 15.0 Å². The number of aromatic nitrogens is 3. The van der Waals surface area contributed by atoms with Crippen molar-refractivity contribution in [1.82, 2.24) is 14.8 Å². The van der Waals surface area contributed by atoms with E-state index >= 15 is 0 Å². The molecule has 22 heavy (non-hydrogen) atoms. The summed E-state index contributed by atoms with van der Waals surface area (Å²) in [5.74, 6) is -0.409. The van der Waals surface area contributed by atoms with E-state index in [2.05, 4.69) is 10.1 Å². The fourth-order valence-electron chi connectivity index (χ4n) is 2.24. The Kier molecular flexibility index (Phi) is 3.34. The van der Waals surface area contributed by atoms with Gasteiger partial charge < -0.3 is 10.2 Å². The highest BCUT2D eigenvalue weighted by atomic mass is 16.4. The number of rotatable bonds is 3. The number of carboxylic acids is 1. The van der Waals surface area contributed by atoms with E-state index in [0.717, 1.165) is 16.8 Å². The Morgan fingerprint density at radius 3 is 2.59 bits per heavy atom. The quantitative estimate of drug-likeness (QED) is 0.775. The van der Waals surface area contributed by atoms with Crippen molar-refractivity contribution in [1.29, 1.82) is 0 Å². The van der Waals surface area contributed by atoms with E-state index < -0.39 is 5.97 Å². The molecule has 0 saturated heterocycles. The average Bonchev–Trinajstić information content (AvgIpc) is 2.90. The Bertz CT molecular complexity index is 838. The molecule has 6 heteroatoms. The van der Waals surface area contributed by atoms with Crippen molar-refractivity contribution in [3.8, 4) is 22.8 Å². The fourth-order valence-corrected chi connectivity index (χ4v) is 2.24. The number of phenolic OH excluding ortho intramolecular Hbond substituents is 1. The molecule has 2 heterocycles. The Morgan fingerprint density at radius 2 is 1.91 bits per heavy atom. The first-order valence-corrected chi connectivity index (χ1v) is 6.60. The van der Waals surface area contributed by atoms with Crippen LogP contribution in [0.3, 0.4) is 0 Å². The van der Waals surface area contributed by atoms with Crippen LogP contribution < -0.4 is 0 Å². The van der Waals surface area contributed by atoms with Gasteiger partial charge in [-0.05, 0) is 48.9 Å². The van der Waals surface area contributed by atoms with E-state index in [1.165, 1.54) is 18.3 Å². The third-order valence-corrected chi connectivity index (χ3v) is 3.30. The first kappa shape index (κ1) is 13.8. The van der Waals surface area contributed by atoms with E-state index in [0.29, 0.717) is 5.82 Å². The molecule has 0 radical (unpaired) electrons. The van der Waals surface area contributed by atoms with Crippen LogP contribution in [0.5, 0.6) is 5.75 Å². The summed E-state index contributed by atoms with van der Waals surface area (Å²) >= 11 is 0. The lowest BCUT2D eigenvalue weighted by molar-refractivity contribution is 0.0696. The molecule has 0 atom stereocenters. The lowest BCUT2D eigenvalue weighted by Gasteiger charge is -2.09. The van der Waals surface area contributed by atoms with Gasteiger partial charge in [0, 0.05) is 11.8 Å². The summed E-state index contributed by atoms with van der Waals surface area (Å²) in [6.45, 7) is 1.91. The van der Waals surface area contributed by atoms with Crippen LogP contribution in [0.2, 0.25) is 0 Å². The summed E-state index contributed by atoms with van der Waals surface area (Å²) < 4.78 is 1.59. The van der Waals surface area contributed by atoms with Gasteiger partial charge in [-0.25, -0.2) is 14.5 Å². The van der Waals surface area contributed by atoms with Crippen molar-refractivity contribution in [2.75, 3.05) is 0 Å². The molecule has 0 aliphatic rings. The zero-order valence-corrected chi connectivity index (χ0v) is 11.8. The van der Waals surface area contributed by atoms with Crippen molar-refractivity contribution >= 4 is 5.97 Å². The summed E-state index contributed by atoms with van der Waals surface area (Å²) in [4.78, 5) is 15.3. The van der Waals surface area contributed by atoms with Gasteiger partial charge in [0.15, 0.2) is 5.82 Å². The van der Waals surface area contributed by atoms with Crippen LogP contribution in [-0.2, 0) is 0 Å². The van der Waals surface area contributed by atoms with Crippen molar-refractivity contribution in [2.24, 2.45) is 0 Å². The standard InChI is InChI=1S/C16H13N3O3/c1-10-9-18-19(14-8-12(16(21)22)6-7-17-14)15(10)11-2-4-13(20)5-3-11/h2-9,20H,1H3,(H,21,22). The summed E-state index contributed by atoms with van der Waals surface area (Å²) in [6, 6.07) is 9.63. The molecule has 2 aromatic heterocycles. The van der Waals surface area contributed by atoms with Crippen LogP contribution in [0.15, 0.2) is 48.8 Å². The van der Waals surface area contributed by atoms with Crippen molar-refractivity contribution in [3.63, 3.8) is 0 Å². The van der Waals surface area contributed by atoms with Crippen LogP contribution in [0.4, 0.5) is 0 Å². The zero-order chi connectivity index (χ0) is 15.7. The molecule has 0 spiro atoms. The molecule has 0 fully saturated rings. The van der Waals surface area contributed by atoms with Gasteiger partial charge in [-0.1, -0.05) is 0 Å². The number of hydrogen-bond acceptors (Lipinski definition) is 4.